The Labute approximate surface area is 167 Å². The summed E-state index contributed by atoms with van der Waals surface area (Å²) in [6.45, 7) is 6.24. The summed E-state index contributed by atoms with van der Waals surface area (Å²) in [5, 5.41) is 3.23. The molecule has 1 aliphatic heterocycles. The average molecular weight is 383 g/mol. The molecule has 1 atom stereocenters. The van der Waals surface area contributed by atoms with Crippen LogP contribution in [0.15, 0.2) is 48.8 Å². The molecule has 1 fully saturated rings. The number of nitrogens with zero attached hydrogens (tertiary/aromatic N) is 3. The van der Waals surface area contributed by atoms with Crippen molar-refractivity contribution in [3.8, 4) is 5.75 Å². The van der Waals surface area contributed by atoms with Gasteiger partial charge in [0.1, 0.15) is 5.75 Å². The Bertz CT molecular complexity index is 753. The van der Waals surface area contributed by atoms with Crippen molar-refractivity contribution in [1.82, 2.24) is 20.1 Å². The fourth-order valence-electron chi connectivity index (χ4n) is 3.69. The molecule has 1 aromatic carbocycles. The Balaban J connectivity index is 1.71. The fourth-order valence-corrected chi connectivity index (χ4v) is 3.69. The Morgan fingerprint density at radius 2 is 2.14 bits per heavy atom. The first-order chi connectivity index (χ1) is 13.7. The van der Waals surface area contributed by atoms with Crippen molar-refractivity contribution >= 4 is 6.03 Å². The smallest absolute Gasteiger partial charge is 0.318 e. The van der Waals surface area contributed by atoms with Gasteiger partial charge >= 0.3 is 6.03 Å². The maximum Gasteiger partial charge on any atom is 0.318 e. The Morgan fingerprint density at radius 3 is 2.89 bits per heavy atom. The zero-order chi connectivity index (χ0) is 19.8. The zero-order valence-electron chi connectivity index (χ0n) is 16.8. The van der Waals surface area contributed by atoms with Crippen molar-refractivity contribution in [2.24, 2.45) is 0 Å². The van der Waals surface area contributed by atoms with Gasteiger partial charge in [-0.1, -0.05) is 31.2 Å². The van der Waals surface area contributed by atoms with E-state index in [-0.39, 0.29) is 12.1 Å². The number of carbonyl (C=O) groups excluding carboxylic acids is 1. The second kappa shape index (κ2) is 10.1. The highest BCUT2D eigenvalue weighted by Gasteiger charge is 2.25. The predicted molar refractivity (Wildman–Crippen MR) is 110 cm³/mol. The van der Waals surface area contributed by atoms with Gasteiger partial charge in [0.15, 0.2) is 0 Å². The lowest BCUT2D eigenvalue weighted by molar-refractivity contribution is 0.187. The molecule has 1 aliphatic rings. The lowest BCUT2D eigenvalue weighted by atomic mass is 10.1. The molecular formula is C22H30N4O2. The summed E-state index contributed by atoms with van der Waals surface area (Å²) >= 11 is 0. The van der Waals surface area contributed by atoms with Crippen LogP contribution in [0.5, 0.6) is 5.75 Å². The van der Waals surface area contributed by atoms with E-state index in [2.05, 4.69) is 22.1 Å². The van der Waals surface area contributed by atoms with Gasteiger partial charge in [-0.15, -0.1) is 0 Å². The minimum absolute atomic E-state index is 0.0434. The van der Waals surface area contributed by atoms with Crippen LogP contribution in [-0.4, -0.2) is 53.6 Å². The van der Waals surface area contributed by atoms with Crippen LogP contribution < -0.4 is 10.1 Å². The topological polar surface area (TPSA) is 57.7 Å². The average Bonchev–Trinajstić information content (AvgIpc) is 3.16. The third-order valence-corrected chi connectivity index (χ3v) is 5.08. The molecule has 2 aromatic rings. The van der Waals surface area contributed by atoms with E-state index in [1.54, 1.807) is 19.5 Å². The van der Waals surface area contributed by atoms with Crippen molar-refractivity contribution in [2.75, 3.05) is 26.7 Å². The quantitative estimate of drug-likeness (QED) is 0.761. The molecule has 0 aliphatic carbocycles. The molecule has 150 valence electrons. The van der Waals surface area contributed by atoms with E-state index < -0.39 is 0 Å². The monoisotopic (exact) mass is 382 g/mol. The van der Waals surface area contributed by atoms with Crippen molar-refractivity contribution in [1.29, 1.82) is 0 Å². The number of urea groups is 1. The lowest BCUT2D eigenvalue weighted by Gasteiger charge is -2.26. The van der Waals surface area contributed by atoms with Gasteiger partial charge in [0.25, 0.3) is 0 Å². The predicted octanol–water partition coefficient (Wildman–Crippen LogP) is 3.29. The van der Waals surface area contributed by atoms with Crippen molar-refractivity contribution in [3.05, 3.63) is 59.9 Å². The van der Waals surface area contributed by atoms with Crippen molar-refractivity contribution in [2.45, 2.75) is 38.9 Å². The summed E-state index contributed by atoms with van der Waals surface area (Å²) in [5.74, 6) is 0.793. The van der Waals surface area contributed by atoms with E-state index >= 15 is 0 Å². The number of rotatable bonds is 8. The number of hydrogen-bond acceptors (Lipinski definition) is 4. The second-order valence-corrected chi connectivity index (χ2v) is 7.26. The minimum Gasteiger partial charge on any atom is -0.496 e. The Hall–Kier alpha value is -2.60. The molecule has 0 unspecified atom stereocenters. The Morgan fingerprint density at radius 1 is 1.29 bits per heavy atom. The molecule has 2 amide bonds. The first kappa shape index (κ1) is 20.1. The molecule has 0 spiro atoms. The highest BCUT2D eigenvalue weighted by Crippen LogP contribution is 2.21. The largest absolute Gasteiger partial charge is 0.496 e. The molecule has 1 N–H and O–H groups in total. The normalized spacial score (nSPS) is 16.7. The fraction of sp³-hybridized carbons (Fsp3) is 0.455. The Kier molecular flexibility index (Phi) is 7.25. The molecule has 3 rings (SSSR count). The van der Waals surface area contributed by atoms with E-state index in [1.807, 2.05) is 41.3 Å². The number of ether oxygens (including phenoxy) is 1. The number of amides is 2. The van der Waals surface area contributed by atoms with Crippen LogP contribution in [-0.2, 0) is 13.1 Å². The minimum atomic E-state index is -0.0434. The molecule has 1 saturated heterocycles. The number of hydrogen-bond donors (Lipinski definition) is 1. The maximum atomic E-state index is 13.1. The highest BCUT2D eigenvalue weighted by atomic mass is 16.5. The summed E-state index contributed by atoms with van der Waals surface area (Å²) in [5.41, 5.74) is 2.00. The van der Waals surface area contributed by atoms with Gasteiger partial charge in [-0.25, -0.2) is 4.79 Å². The van der Waals surface area contributed by atoms with E-state index in [4.69, 9.17) is 4.74 Å². The summed E-state index contributed by atoms with van der Waals surface area (Å²) in [7, 11) is 1.66. The summed E-state index contributed by atoms with van der Waals surface area (Å²) in [6, 6.07) is 11.9. The van der Waals surface area contributed by atoms with Crippen molar-refractivity contribution < 1.29 is 9.53 Å². The summed E-state index contributed by atoms with van der Waals surface area (Å²) < 4.78 is 5.47. The van der Waals surface area contributed by atoms with Crippen LogP contribution in [0.25, 0.3) is 0 Å². The van der Waals surface area contributed by atoms with Gasteiger partial charge < -0.3 is 19.9 Å². The molecule has 6 nitrogen and oxygen atoms in total. The molecule has 0 radical (unpaired) electrons. The molecule has 1 aromatic heterocycles. The van der Waals surface area contributed by atoms with Gasteiger partial charge in [-0.3, -0.25) is 4.98 Å². The first-order valence-electron chi connectivity index (χ1n) is 9.98. The molecule has 28 heavy (non-hydrogen) atoms. The number of likely N-dealkylation sites (tertiary alicyclic amines) is 1. The SMILES string of the molecule is CCCN1CC[C@@H](NC(=O)N(Cc2cccnc2)Cc2ccccc2OC)C1. The number of benzene rings is 1. The number of methoxy groups -OCH3 is 1. The molecule has 0 saturated carbocycles. The molecule has 6 heteroatoms. The van der Waals surface area contributed by atoms with Crippen LogP contribution in [0.1, 0.15) is 30.9 Å². The van der Waals surface area contributed by atoms with Gasteiger partial charge in [0.05, 0.1) is 13.7 Å². The summed E-state index contributed by atoms with van der Waals surface area (Å²) in [6.07, 6.45) is 5.69. The third kappa shape index (κ3) is 5.45. The highest BCUT2D eigenvalue weighted by molar-refractivity contribution is 5.74. The number of carbonyl (C=O) groups is 1. The van der Waals surface area contributed by atoms with Crippen LogP contribution >= 0.6 is 0 Å². The zero-order valence-corrected chi connectivity index (χ0v) is 16.8. The maximum absolute atomic E-state index is 13.1. The number of nitrogens with one attached hydrogen (secondary N) is 1. The third-order valence-electron chi connectivity index (χ3n) is 5.08. The number of aromatic nitrogens is 1. The standard InChI is InChI=1S/C22H30N4O2/c1-3-12-25-13-10-20(17-25)24-22(27)26(15-18-7-6-11-23-14-18)16-19-8-4-5-9-21(19)28-2/h4-9,11,14,20H,3,10,12-13,15-17H2,1-2H3,(H,24,27)/t20-/m1/s1. The molecule has 0 bridgehead atoms. The van der Waals surface area contributed by atoms with Crippen LogP contribution in [0.4, 0.5) is 4.79 Å². The van der Waals surface area contributed by atoms with Gasteiger partial charge in [-0.2, -0.15) is 0 Å². The van der Waals surface area contributed by atoms with Gasteiger partial charge in [-0.05, 0) is 37.1 Å². The summed E-state index contributed by atoms with van der Waals surface area (Å²) in [4.78, 5) is 21.5. The van der Waals surface area contributed by atoms with E-state index in [9.17, 15) is 4.79 Å². The van der Waals surface area contributed by atoms with Crippen LogP contribution in [0.2, 0.25) is 0 Å². The number of para-hydroxylation sites is 1. The van der Waals surface area contributed by atoms with E-state index in [0.717, 1.165) is 49.4 Å². The van der Waals surface area contributed by atoms with Gasteiger partial charge in [0, 0.05) is 43.6 Å². The second-order valence-electron chi connectivity index (χ2n) is 7.26. The van der Waals surface area contributed by atoms with Gasteiger partial charge in [0.2, 0.25) is 0 Å². The first-order valence-corrected chi connectivity index (χ1v) is 9.98. The number of pyridine rings is 1. The van der Waals surface area contributed by atoms with Crippen molar-refractivity contribution in [3.63, 3.8) is 0 Å². The molecular weight excluding hydrogens is 352 g/mol. The lowest BCUT2D eigenvalue weighted by Crippen LogP contribution is -2.45. The van der Waals surface area contributed by atoms with E-state index in [0.29, 0.717) is 13.1 Å². The molecule has 2 heterocycles. The van der Waals surface area contributed by atoms with E-state index in [1.165, 1.54) is 0 Å². The van der Waals surface area contributed by atoms with Crippen LogP contribution in [0, 0.1) is 0 Å². The van der Waals surface area contributed by atoms with Crippen LogP contribution in [0.3, 0.4) is 0 Å².